The Kier molecular flexibility index (Phi) is 3.58. The molecule has 0 bridgehead atoms. The van der Waals surface area contributed by atoms with E-state index in [1.807, 2.05) is 12.1 Å². The summed E-state index contributed by atoms with van der Waals surface area (Å²) in [7, 11) is 1.68. The first kappa shape index (κ1) is 10.4. The number of benzene rings is 1. The van der Waals surface area contributed by atoms with E-state index >= 15 is 0 Å². The van der Waals surface area contributed by atoms with Gasteiger partial charge in [-0.3, -0.25) is 4.79 Å². The summed E-state index contributed by atoms with van der Waals surface area (Å²) in [6.45, 7) is 0.475. The zero-order valence-electron chi connectivity index (χ0n) is 7.13. The van der Waals surface area contributed by atoms with Crippen molar-refractivity contribution in [1.29, 1.82) is 0 Å². The van der Waals surface area contributed by atoms with Crippen molar-refractivity contribution in [2.75, 3.05) is 7.05 Å². The zero-order valence-corrected chi connectivity index (χ0v) is 8.64. The van der Waals surface area contributed by atoms with E-state index in [-0.39, 0.29) is 0 Å². The summed E-state index contributed by atoms with van der Waals surface area (Å²) in [4.78, 5) is 11.9. The monoisotopic (exact) mass is 217 g/mol. The van der Waals surface area contributed by atoms with Gasteiger partial charge in [0.05, 0.1) is 10.0 Å². The van der Waals surface area contributed by atoms with E-state index < -0.39 is 0 Å². The molecular formula is C9H9Cl2NO. The van der Waals surface area contributed by atoms with Gasteiger partial charge < -0.3 is 4.90 Å². The summed E-state index contributed by atoms with van der Waals surface area (Å²) >= 11 is 11.7. The fourth-order valence-corrected chi connectivity index (χ4v) is 1.36. The molecule has 0 atom stereocenters. The van der Waals surface area contributed by atoms with Gasteiger partial charge in [0, 0.05) is 13.6 Å². The second kappa shape index (κ2) is 4.49. The molecule has 0 saturated carbocycles. The second-order valence-electron chi connectivity index (χ2n) is 2.73. The summed E-state index contributed by atoms with van der Waals surface area (Å²) in [6.07, 6.45) is 0.747. The van der Waals surface area contributed by atoms with Crippen molar-refractivity contribution in [3.05, 3.63) is 33.8 Å². The number of halogens is 2. The van der Waals surface area contributed by atoms with Gasteiger partial charge in [0.2, 0.25) is 6.41 Å². The van der Waals surface area contributed by atoms with Crippen LogP contribution in [0.3, 0.4) is 0 Å². The average molecular weight is 218 g/mol. The van der Waals surface area contributed by atoms with Gasteiger partial charge in [0.25, 0.3) is 0 Å². The lowest BCUT2D eigenvalue weighted by Crippen LogP contribution is -2.15. The van der Waals surface area contributed by atoms with Crippen LogP contribution in [0.25, 0.3) is 0 Å². The smallest absolute Gasteiger partial charge is 0.209 e. The Morgan fingerprint density at radius 1 is 1.46 bits per heavy atom. The summed E-state index contributed by atoms with van der Waals surface area (Å²) < 4.78 is 0. The Morgan fingerprint density at radius 2 is 2.15 bits per heavy atom. The maximum absolute atomic E-state index is 10.4. The SMILES string of the molecule is CN(C=O)Cc1cccc(Cl)c1Cl. The van der Waals surface area contributed by atoms with Crippen molar-refractivity contribution in [2.45, 2.75) is 6.54 Å². The minimum absolute atomic E-state index is 0.475. The molecule has 0 unspecified atom stereocenters. The summed E-state index contributed by atoms with van der Waals surface area (Å²) in [5, 5.41) is 1.02. The van der Waals surface area contributed by atoms with E-state index in [1.54, 1.807) is 13.1 Å². The van der Waals surface area contributed by atoms with Crippen LogP contribution in [-0.4, -0.2) is 18.4 Å². The van der Waals surface area contributed by atoms with Crippen LogP contribution in [0.1, 0.15) is 5.56 Å². The zero-order chi connectivity index (χ0) is 9.84. The largest absolute Gasteiger partial charge is 0.344 e. The normalized spacial score (nSPS) is 9.77. The van der Waals surface area contributed by atoms with Gasteiger partial charge >= 0.3 is 0 Å². The van der Waals surface area contributed by atoms with E-state index in [9.17, 15) is 4.79 Å². The van der Waals surface area contributed by atoms with Crippen LogP contribution in [0.15, 0.2) is 18.2 Å². The maximum atomic E-state index is 10.4. The molecule has 70 valence electrons. The predicted octanol–water partition coefficient (Wildman–Crippen LogP) is 2.58. The van der Waals surface area contributed by atoms with E-state index in [4.69, 9.17) is 23.2 Å². The lowest BCUT2D eigenvalue weighted by Gasteiger charge is -2.11. The highest BCUT2D eigenvalue weighted by Gasteiger charge is 2.05. The molecule has 1 aromatic rings. The molecule has 0 N–H and O–H groups in total. The quantitative estimate of drug-likeness (QED) is 0.714. The number of hydrogen-bond acceptors (Lipinski definition) is 1. The molecular weight excluding hydrogens is 209 g/mol. The van der Waals surface area contributed by atoms with E-state index in [0.717, 1.165) is 12.0 Å². The first-order valence-electron chi connectivity index (χ1n) is 3.73. The summed E-state index contributed by atoms with van der Waals surface area (Å²) in [5.41, 5.74) is 0.851. The molecule has 0 heterocycles. The molecule has 2 nitrogen and oxygen atoms in total. The number of amides is 1. The first-order valence-corrected chi connectivity index (χ1v) is 4.49. The van der Waals surface area contributed by atoms with Gasteiger partial charge in [0.15, 0.2) is 0 Å². The molecule has 0 aliphatic carbocycles. The number of hydrogen-bond donors (Lipinski definition) is 0. The molecule has 0 aromatic heterocycles. The van der Waals surface area contributed by atoms with Crippen molar-refractivity contribution >= 4 is 29.6 Å². The third kappa shape index (κ3) is 2.61. The Morgan fingerprint density at radius 3 is 2.77 bits per heavy atom. The fraction of sp³-hybridized carbons (Fsp3) is 0.222. The topological polar surface area (TPSA) is 20.3 Å². The number of carbonyl (C=O) groups excluding carboxylic acids is 1. The predicted molar refractivity (Wildman–Crippen MR) is 54.0 cm³/mol. The highest BCUT2D eigenvalue weighted by Crippen LogP contribution is 2.25. The lowest BCUT2D eigenvalue weighted by molar-refractivity contribution is -0.117. The van der Waals surface area contributed by atoms with Crippen molar-refractivity contribution in [2.24, 2.45) is 0 Å². The van der Waals surface area contributed by atoms with Crippen LogP contribution in [0.2, 0.25) is 10.0 Å². The Labute approximate surface area is 87.1 Å². The van der Waals surface area contributed by atoms with Gasteiger partial charge in [-0.25, -0.2) is 0 Å². The van der Waals surface area contributed by atoms with Crippen LogP contribution in [-0.2, 0) is 11.3 Å². The average Bonchev–Trinajstić information content (AvgIpc) is 2.13. The first-order chi connectivity index (χ1) is 6.15. The van der Waals surface area contributed by atoms with Crippen LogP contribution in [0, 0.1) is 0 Å². The molecule has 0 fully saturated rings. The van der Waals surface area contributed by atoms with Crippen molar-refractivity contribution < 1.29 is 4.79 Å². The molecule has 4 heteroatoms. The van der Waals surface area contributed by atoms with E-state index in [1.165, 1.54) is 4.90 Å². The molecule has 1 aromatic carbocycles. The van der Waals surface area contributed by atoms with Crippen molar-refractivity contribution in [3.63, 3.8) is 0 Å². The van der Waals surface area contributed by atoms with Crippen LogP contribution in [0.5, 0.6) is 0 Å². The number of carbonyl (C=O) groups is 1. The van der Waals surface area contributed by atoms with Crippen molar-refractivity contribution in [3.8, 4) is 0 Å². The molecule has 0 aliphatic rings. The van der Waals surface area contributed by atoms with E-state index in [0.29, 0.717) is 16.6 Å². The minimum atomic E-state index is 0.475. The Hall–Kier alpha value is -0.730. The van der Waals surface area contributed by atoms with Gasteiger partial charge in [-0.15, -0.1) is 0 Å². The number of rotatable bonds is 3. The van der Waals surface area contributed by atoms with Gasteiger partial charge in [-0.05, 0) is 11.6 Å². The van der Waals surface area contributed by atoms with Crippen LogP contribution < -0.4 is 0 Å². The summed E-state index contributed by atoms with van der Waals surface area (Å²) in [5.74, 6) is 0. The fourth-order valence-electron chi connectivity index (χ4n) is 0.977. The van der Waals surface area contributed by atoms with E-state index in [2.05, 4.69) is 0 Å². The third-order valence-corrected chi connectivity index (χ3v) is 2.49. The van der Waals surface area contributed by atoms with Gasteiger partial charge in [-0.2, -0.15) is 0 Å². The third-order valence-electron chi connectivity index (χ3n) is 1.63. The molecule has 13 heavy (non-hydrogen) atoms. The van der Waals surface area contributed by atoms with Crippen LogP contribution in [0.4, 0.5) is 0 Å². The molecule has 0 spiro atoms. The highest BCUT2D eigenvalue weighted by atomic mass is 35.5. The Balaban J connectivity index is 2.88. The number of nitrogens with zero attached hydrogens (tertiary/aromatic N) is 1. The molecule has 1 amide bonds. The van der Waals surface area contributed by atoms with Gasteiger partial charge in [0.1, 0.15) is 0 Å². The molecule has 1 rings (SSSR count). The highest BCUT2D eigenvalue weighted by molar-refractivity contribution is 6.42. The summed E-state index contributed by atoms with van der Waals surface area (Å²) in [6, 6.07) is 5.37. The van der Waals surface area contributed by atoms with Gasteiger partial charge in [-0.1, -0.05) is 35.3 Å². The second-order valence-corrected chi connectivity index (χ2v) is 3.52. The Bertz CT molecular complexity index is 314. The molecule has 0 radical (unpaired) electrons. The van der Waals surface area contributed by atoms with Crippen molar-refractivity contribution in [1.82, 2.24) is 4.90 Å². The maximum Gasteiger partial charge on any atom is 0.209 e. The standard InChI is InChI=1S/C9H9Cl2NO/c1-12(6-13)5-7-3-2-4-8(10)9(7)11/h2-4,6H,5H2,1H3. The lowest BCUT2D eigenvalue weighted by atomic mass is 10.2. The molecule has 0 saturated heterocycles. The van der Waals surface area contributed by atoms with Crippen LogP contribution >= 0.6 is 23.2 Å². The minimum Gasteiger partial charge on any atom is -0.344 e. The molecule has 0 aliphatic heterocycles.